The quantitative estimate of drug-likeness (QED) is 0.550. The zero-order valence-electron chi connectivity index (χ0n) is 15.7. The summed E-state index contributed by atoms with van der Waals surface area (Å²) in [7, 11) is 0. The first-order chi connectivity index (χ1) is 13.1. The van der Waals surface area contributed by atoms with Crippen LogP contribution in [0.5, 0.6) is 5.88 Å². The van der Waals surface area contributed by atoms with Gasteiger partial charge >= 0.3 is 5.97 Å². The van der Waals surface area contributed by atoms with Gasteiger partial charge in [0.15, 0.2) is 6.61 Å². The number of carbonyl (C=O) groups is 2. The van der Waals surface area contributed by atoms with Crippen LogP contribution < -0.4 is 10.1 Å². The summed E-state index contributed by atoms with van der Waals surface area (Å²) in [5, 5.41) is 3.71. The number of fused-ring (bicyclic) bond motifs is 3. The second kappa shape index (κ2) is 9.12. The first kappa shape index (κ1) is 19.5. The van der Waals surface area contributed by atoms with Crippen LogP contribution in [-0.4, -0.2) is 41.6 Å². The lowest BCUT2D eigenvalue weighted by Gasteiger charge is -2.18. The van der Waals surface area contributed by atoms with E-state index in [0.29, 0.717) is 37.8 Å². The number of ether oxygens (including phenoxy) is 2. The number of amides is 1. The number of aryl methyl sites for hydroxylation is 1. The molecule has 1 N–H and O–H groups in total. The van der Waals surface area contributed by atoms with E-state index in [9.17, 15) is 9.59 Å². The minimum Gasteiger partial charge on any atom is -0.467 e. The predicted octanol–water partition coefficient (Wildman–Crippen LogP) is 2.65. The Morgan fingerprint density at radius 1 is 1.37 bits per heavy atom. The van der Waals surface area contributed by atoms with Crippen LogP contribution in [0.4, 0.5) is 0 Å². The summed E-state index contributed by atoms with van der Waals surface area (Å²) in [5.41, 5.74) is 1.28. The molecular formula is C19H25N3O4S. The van der Waals surface area contributed by atoms with Crippen LogP contribution in [0.25, 0.3) is 10.2 Å². The van der Waals surface area contributed by atoms with Crippen LogP contribution in [-0.2, 0) is 27.2 Å². The molecule has 2 aromatic heterocycles. The van der Waals surface area contributed by atoms with Gasteiger partial charge in [-0.1, -0.05) is 6.92 Å². The van der Waals surface area contributed by atoms with Crippen molar-refractivity contribution < 1.29 is 19.1 Å². The van der Waals surface area contributed by atoms with Gasteiger partial charge in [0.25, 0.3) is 5.91 Å². The molecule has 2 aromatic rings. The lowest BCUT2D eigenvalue weighted by Crippen LogP contribution is -2.30. The van der Waals surface area contributed by atoms with Crippen molar-refractivity contribution in [3.8, 4) is 5.88 Å². The molecule has 0 bridgehead atoms. The molecule has 7 nitrogen and oxygen atoms in total. The molecule has 8 heteroatoms. The Hall–Kier alpha value is -2.22. The zero-order chi connectivity index (χ0) is 19.2. The Kier molecular flexibility index (Phi) is 6.60. The van der Waals surface area contributed by atoms with Gasteiger partial charge in [-0.05, 0) is 44.1 Å². The molecule has 146 valence electrons. The molecule has 3 rings (SSSR count). The monoisotopic (exact) mass is 391 g/mol. The van der Waals surface area contributed by atoms with Crippen molar-refractivity contribution >= 4 is 33.4 Å². The number of nitrogens with zero attached hydrogens (tertiary/aromatic N) is 2. The van der Waals surface area contributed by atoms with Crippen molar-refractivity contribution in [3.63, 3.8) is 0 Å². The van der Waals surface area contributed by atoms with E-state index in [-0.39, 0.29) is 18.5 Å². The Labute approximate surface area is 162 Å². The number of rotatable bonds is 8. The van der Waals surface area contributed by atoms with E-state index in [1.807, 2.05) is 0 Å². The number of hydrogen-bond acceptors (Lipinski definition) is 7. The van der Waals surface area contributed by atoms with Crippen LogP contribution >= 0.6 is 11.3 Å². The van der Waals surface area contributed by atoms with Crippen molar-refractivity contribution in [1.82, 2.24) is 15.3 Å². The lowest BCUT2D eigenvalue weighted by molar-refractivity contribution is -0.143. The van der Waals surface area contributed by atoms with Gasteiger partial charge in [-0.25, -0.2) is 9.97 Å². The third-order valence-corrected chi connectivity index (χ3v) is 5.74. The number of thiophene rings is 1. The smallest absolute Gasteiger partial charge is 0.305 e. The van der Waals surface area contributed by atoms with Crippen LogP contribution in [0.2, 0.25) is 0 Å². The largest absolute Gasteiger partial charge is 0.467 e. The minimum atomic E-state index is -0.247. The summed E-state index contributed by atoms with van der Waals surface area (Å²) in [6.07, 6.45) is 5.53. The summed E-state index contributed by atoms with van der Waals surface area (Å²) in [5.74, 6) is 0.684. The van der Waals surface area contributed by atoms with Crippen molar-refractivity contribution in [3.05, 3.63) is 16.8 Å². The molecule has 0 saturated heterocycles. The van der Waals surface area contributed by atoms with Crippen LogP contribution in [0, 0.1) is 5.92 Å². The molecule has 0 unspecified atom stereocenters. The van der Waals surface area contributed by atoms with Crippen LogP contribution in [0.1, 0.15) is 43.6 Å². The van der Waals surface area contributed by atoms with Gasteiger partial charge in [-0.15, -0.1) is 11.3 Å². The van der Waals surface area contributed by atoms with Gasteiger partial charge in [0, 0.05) is 17.8 Å². The van der Waals surface area contributed by atoms with E-state index < -0.39 is 0 Å². The molecule has 0 aromatic carbocycles. The van der Waals surface area contributed by atoms with Crippen LogP contribution in [0.3, 0.4) is 0 Å². The molecule has 1 aliphatic rings. The summed E-state index contributed by atoms with van der Waals surface area (Å²) >= 11 is 1.70. The molecule has 0 saturated carbocycles. The molecule has 1 atom stereocenters. The fraction of sp³-hybridized carbons (Fsp3) is 0.579. The minimum absolute atomic E-state index is 0.105. The van der Waals surface area contributed by atoms with Gasteiger partial charge in [-0.3, -0.25) is 9.59 Å². The first-order valence-electron chi connectivity index (χ1n) is 9.38. The standard InChI is InChI=1S/C19H25N3O4S/c1-3-25-16(24)5-4-8-20-15(23)10-26-18-17-13-7-6-12(2)9-14(13)27-19(17)22-11-21-18/h11-12H,3-10H2,1-2H3,(H,20,23)/t12-/m0/s1. The maximum Gasteiger partial charge on any atom is 0.305 e. The van der Waals surface area contributed by atoms with Gasteiger partial charge in [0.05, 0.1) is 12.0 Å². The van der Waals surface area contributed by atoms with Crippen molar-refractivity contribution in [2.75, 3.05) is 19.8 Å². The highest BCUT2D eigenvalue weighted by Crippen LogP contribution is 2.40. The Morgan fingerprint density at radius 2 is 2.22 bits per heavy atom. The van der Waals surface area contributed by atoms with Gasteiger partial charge in [-0.2, -0.15) is 0 Å². The summed E-state index contributed by atoms with van der Waals surface area (Å²) < 4.78 is 10.6. The fourth-order valence-electron chi connectivity index (χ4n) is 3.23. The topological polar surface area (TPSA) is 90.4 Å². The Morgan fingerprint density at radius 3 is 3.04 bits per heavy atom. The van der Waals surface area contributed by atoms with E-state index in [0.717, 1.165) is 29.5 Å². The number of hydrogen-bond donors (Lipinski definition) is 1. The molecule has 1 amide bonds. The third-order valence-electron chi connectivity index (χ3n) is 4.58. The highest BCUT2D eigenvalue weighted by atomic mass is 32.1. The maximum atomic E-state index is 12.0. The van der Waals surface area contributed by atoms with E-state index >= 15 is 0 Å². The highest BCUT2D eigenvalue weighted by Gasteiger charge is 2.23. The second-order valence-corrected chi connectivity index (χ2v) is 7.84. The molecule has 1 aliphatic carbocycles. The van der Waals surface area contributed by atoms with E-state index in [2.05, 4.69) is 22.2 Å². The zero-order valence-corrected chi connectivity index (χ0v) is 16.6. The molecule has 0 radical (unpaired) electrons. The molecule has 0 fully saturated rings. The number of esters is 1. The molecule has 0 aliphatic heterocycles. The fourth-order valence-corrected chi connectivity index (χ4v) is 4.58. The Balaban J connectivity index is 1.54. The second-order valence-electron chi connectivity index (χ2n) is 6.76. The number of aromatic nitrogens is 2. The first-order valence-corrected chi connectivity index (χ1v) is 10.2. The van der Waals surface area contributed by atoms with Crippen molar-refractivity contribution in [2.45, 2.75) is 46.0 Å². The van der Waals surface area contributed by atoms with Crippen molar-refractivity contribution in [1.29, 1.82) is 0 Å². The van der Waals surface area contributed by atoms with Gasteiger partial charge < -0.3 is 14.8 Å². The Bertz CT molecular complexity index is 821. The molecule has 27 heavy (non-hydrogen) atoms. The SMILES string of the molecule is CCOC(=O)CCCNC(=O)COc1ncnc2sc3c(c12)CC[C@H](C)C3. The van der Waals surface area contributed by atoms with Crippen molar-refractivity contribution in [2.24, 2.45) is 5.92 Å². The van der Waals surface area contributed by atoms with E-state index in [1.54, 1.807) is 18.3 Å². The van der Waals surface area contributed by atoms with E-state index in [4.69, 9.17) is 9.47 Å². The number of carbonyl (C=O) groups excluding carboxylic acids is 2. The van der Waals surface area contributed by atoms with Gasteiger partial charge in [0.2, 0.25) is 5.88 Å². The normalized spacial score (nSPS) is 16.0. The summed E-state index contributed by atoms with van der Waals surface area (Å²) in [6.45, 7) is 4.71. The molecular weight excluding hydrogens is 366 g/mol. The predicted molar refractivity (Wildman–Crippen MR) is 103 cm³/mol. The van der Waals surface area contributed by atoms with Crippen LogP contribution in [0.15, 0.2) is 6.33 Å². The molecule has 0 spiro atoms. The number of nitrogens with one attached hydrogen (secondary N) is 1. The summed E-state index contributed by atoms with van der Waals surface area (Å²) in [6, 6.07) is 0. The molecule has 2 heterocycles. The average molecular weight is 391 g/mol. The van der Waals surface area contributed by atoms with Gasteiger partial charge in [0.1, 0.15) is 11.2 Å². The van der Waals surface area contributed by atoms with E-state index in [1.165, 1.54) is 16.8 Å². The third kappa shape index (κ3) is 4.94. The highest BCUT2D eigenvalue weighted by molar-refractivity contribution is 7.18. The maximum absolute atomic E-state index is 12.0. The average Bonchev–Trinajstić information content (AvgIpc) is 3.01. The summed E-state index contributed by atoms with van der Waals surface area (Å²) in [4.78, 5) is 34.2. The lowest BCUT2D eigenvalue weighted by atomic mass is 9.89.